The Hall–Kier alpha value is -3.09. The molecule has 0 amide bonds. The van der Waals surface area contributed by atoms with E-state index in [1.807, 2.05) is 49.4 Å². The molecule has 1 aliphatic rings. The highest BCUT2D eigenvalue weighted by Gasteiger charge is 2.49. The zero-order valence-corrected chi connectivity index (χ0v) is 19.3. The lowest BCUT2D eigenvalue weighted by Crippen LogP contribution is -2.31. The van der Waals surface area contributed by atoms with Gasteiger partial charge in [0.1, 0.15) is 11.6 Å². The number of rotatable bonds is 2. The van der Waals surface area contributed by atoms with Crippen LogP contribution in [0, 0.1) is 51.5 Å². The highest BCUT2D eigenvalue weighted by Crippen LogP contribution is 2.57. The Morgan fingerprint density at radius 1 is 0.781 bits per heavy atom. The molecule has 32 heavy (non-hydrogen) atoms. The molecule has 0 aromatic heterocycles. The molecule has 0 aliphatic heterocycles. The van der Waals surface area contributed by atoms with Gasteiger partial charge in [-0.3, -0.25) is 0 Å². The van der Waals surface area contributed by atoms with Crippen molar-refractivity contribution in [3.63, 3.8) is 0 Å². The molecule has 0 fully saturated rings. The lowest BCUT2D eigenvalue weighted by molar-refractivity contribution is 0.545. The van der Waals surface area contributed by atoms with Crippen molar-refractivity contribution in [1.29, 1.82) is 0 Å². The molecule has 0 radical (unpaired) electrons. The molecule has 1 unspecified atom stereocenters. The summed E-state index contributed by atoms with van der Waals surface area (Å²) in [5, 5.41) is 0. The van der Waals surface area contributed by atoms with Gasteiger partial charge in [-0.05, 0) is 90.9 Å². The van der Waals surface area contributed by atoms with Gasteiger partial charge in [0.05, 0.1) is 5.41 Å². The number of fused-ring (bicyclic) bond motifs is 3. The summed E-state index contributed by atoms with van der Waals surface area (Å²) in [6, 6.07) is 24.4. The fourth-order valence-corrected chi connectivity index (χ4v) is 5.55. The van der Waals surface area contributed by atoms with Gasteiger partial charge in [0.2, 0.25) is 0 Å². The maximum Gasteiger partial charge on any atom is 0.132 e. The Bertz CT molecular complexity index is 1360. The van der Waals surface area contributed by atoms with Gasteiger partial charge in [-0.2, -0.15) is 0 Å². The van der Waals surface area contributed by atoms with Gasteiger partial charge >= 0.3 is 0 Å². The van der Waals surface area contributed by atoms with E-state index in [2.05, 4.69) is 36.9 Å². The molecule has 0 spiro atoms. The molecule has 0 nitrogen and oxygen atoms in total. The van der Waals surface area contributed by atoms with E-state index >= 15 is 8.78 Å². The van der Waals surface area contributed by atoms with Gasteiger partial charge in [0.15, 0.2) is 0 Å². The number of aryl methyl sites for hydroxylation is 1. The zero-order valence-electron chi connectivity index (χ0n) is 18.4. The van der Waals surface area contributed by atoms with Crippen molar-refractivity contribution in [2.45, 2.75) is 38.0 Å². The SMILES string of the molecule is Cc1ccc(C2(c3c(C)c(F)c(C)c(F)c3C)c3c#cccc3-c3ccc(S)cc32)cc1. The lowest BCUT2D eigenvalue weighted by Gasteiger charge is -2.36. The highest BCUT2D eigenvalue weighted by atomic mass is 32.1. The van der Waals surface area contributed by atoms with E-state index in [-0.39, 0.29) is 5.56 Å². The fourth-order valence-electron chi connectivity index (χ4n) is 5.35. The van der Waals surface area contributed by atoms with Crippen molar-refractivity contribution in [2.24, 2.45) is 0 Å². The molecular formula is C29H22F2S. The molecule has 4 aromatic carbocycles. The number of hydrogen-bond acceptors (Lipinski definition) is 1. The first-order valence-corrected chi connectivity index (χ1v) is 11.0. The second kappa shape index (κ2) is 7.22. The van der Waals surface area contributed by atoms with Gasteiger partial charge in [0.25, 0.3) is 0 Å². The van der Waals surface area contributed by atoms with Crippen LogP contribution in [0.2, 0.25) is 0 Å². The molecule has 0 saturated heterocycles. The Kier molecular flexibility index (Phi) is 4.69. The van der Waals surface area contributed by atoms with Gasteiger partial charge in [-0.1, -0.05) is 48.0 Å². The molecule has 0 bridgehead atoms. The zero-order chi connectivity index (χ0) is 22.8. The summed E-state index contributed by atoms with van der Waals surface area (Å²) in [6.07, 6.45) is 0. The third-order valence-corrected chi connectivity index (χ3v) is 7.08. The quantitative estimate of drug-likeness (QED) is 0.271. The second-order valence-electron chi connectivity index (χ2n) is 8.62. The van der Waals surface area contributed by atoms with Crippen LogP contribution < -0.4 is 0 Å². The summed E-state index contributed by atoms with van der Waals surface area (Å²) in [5.74, 6) is -1.02. The highest BCUT2D eigenvalue weighted by molar-refractivity contribution is 7.80. The summed E-state index contributed by atoms with van der Waals surface area (Å²) in [4.78, 5) is 0.792. The molecule has 158 valence electrons. The maximum atomic E-state index is 15.4. The second-order valence-corrected chi connectivity index (χ2v) is 9.13. The van der Waals surface area contributed by atoms with E-state index in [0.29, 0.717) is 16.7 Å². The van der Waals surface area contributed by atoms with Crippen LogP contribution in [0.25, 0.3) is 11.1 Å². The first-order valence-electron chi connectivity index (χ1n) is 10.6. The van der Waals surface area contributed by atoms with E-state index in [4.69, 9.17) is 0 Å². The summed E-state index contributed by atoms with van der Waals surface area (Å²) < 4.78 is 30.8. The van der Waals surface area contributed by atoms with Gasteiger partial charge in [0, 0.05) is 16.0 Å². The first kappa shape index (κ1) is 20.8. The van der Waals surface area contributed by atoms with Gasteiger partial charge in [-0.25, -0.2) is 8.78 Å². The van der Waals surface area contributed by atoms with Crippen LogP contribution in [0.15, 0.2) is 59.5 Å². The van der Waals surface area contributed by atoms with Crippen molar-refractivity contribution in [3.8, 4) is 11.1 Å². The molecule has 5 rings (SSSR count). The molecule has 1 atom stereocenters. The summed E-state index contributed by atoms with van der Waals surface area (Å²) in [6.45, 7) is 7.01. The van der Waals surface area contributed by atoms with Crippen molar-refractivity contribution in [3.05, 3.63) is 123 Å². The van der Waals surface area contributed by atoms with Crippen LogP contribution in [0.1, 0.15) is 44.5 Å². The standard InChI is InChI=1S/C29H22F2S/c1-16-9-11-20(12-10-16)29(26-17(2)27(30)19(4)28(31)18(26)3)24-8-6-5-7-22(24)23-14-13-21(32)15-25(23)29/h5,7,9-15,32H,1-4H3. The Balaban J connectivity index is 2.06. The molecular weight excluding hydrogens is 418 g/mol. The topological polar surface area (TPSA) is 0 Å². The Morgan fingerprint density at radius 3 is 2.09 bits per heavy atom. The average Bonchev–Trinajstić information content (AvgIpc) is 3.07. The monoisotopic (exact) mass is 440 g/mol. The minimum Gasteiger partial charge on any atom is -0.206 e. The molecule has 0 heterocycles. The van der Waals surface area contributed by atoms with E-state index in [1.165, 1.54) is 6.92 Å². The minimum atomic E-state index is -0.932. The third-order valence-electron chi connectivity index (χ3n) is 6.80. The lowest BCUT2D eigenvalue weighted by atomic mass is 9.65. The van der Waals surface area contributed by atoms with E-state index in [1.54, 1.807) is 13.8 Å². The number of hydrogen-bond donors (Lipinski definition) is 1. The number of thiol groups is 1. The van der Waals surface area contributed by atoms with Crippen LogP contribution in [-0.4, -0.2) is 0 Å². The predicted octanol–water partition coefficient (Wildman–Crippen LogP) is 7.45. The average molecular weight is 441 g/mol. The smallest absolute Gasteiger partial charge is 0.132 e. The van der Waals surface area contributed by atoms with Crippen molar-refractivity contribution in [1.82, 2.24) is 0 Å². The number of halogens is 2. The van der Waals surface area contributed by atoms with Crippen LogP contribution in [0.4, 0.5) is 8.78 Å². The normalized spacial score (nSPS) is 16.5. The number of benzene rings is 3. The van der Waals surface area contributed by atoms with E-state index in [9.17, 15) is 0 Å². The minimum absolute atomic E-state index is 0.0489. The van der Waals surface area contributed by atoms with Crippen LogP contribution in [0.3, 0.4) is 0 Å². The molecule has 0 N–H and O–H groups in total. The largest absolute Gasteiger partial charge is 0.206 e. The molecule has 0 saturated carbocycles. The van der Waals surface area contributed by atoms with E-state index in [0.717, 1.165) is 38.3 Å². The maximum absolute atomic E-state index is 15.4. The summed E-state index contributed by atoms with van der Waals surface area (Å²) in [5.41, 5.74) is 6.50. The van der Waals surface area contributed by atoms with Crippen molar-refractivity contribution < 1.29 is 8.78 Å². The predicted molar refractivity (Wildman–Crippen MR) is 128 cm³/mol. The summed E-state index contributed by atoms with van der Waals surface area (Å²) >= 11 is 4.62. The van der Waals surface area contributed by atoms with Crippen molar-refractivity contribution >= 4 is 12.6 Å². The van der Waals surface area contributed by atoms with Crippen LogP contribution >= 0.6 is 12.6 Å². The van der Waals surface area contributed by atoms with Gasteiger partial charge in [-0.15, -0.1) is 12.6 Å². The van der Waals surface area contributed by atoms with Crippen molar-refractivity contribution in [2.75, 3.05) is 0 Å². The van der Waals surface area contributed by atoms with Gasteiger partial charge < -0.3 is 0 Å². The first-order chi connectivity index (χ1) is 15.3. The van der Waals surface area contributed by atoms with Crippen LogP contribution in [0.5, 0.6) is 0 Å². The van der Waals surface area contributed by atoms with E-state index < -0.39 is 17.0 Å². The molecule has 3 heteroatoms. The summed E-state index contributed by atoms with van der Waals surface area (Å²) in [7, 11) is 0. The Morgan fingerprint density at radius 2 is 1.44 bits per heavy atom. The molecule has 4 aromatic rings. The van der Waals surface area contributed by atoms with Crippen LogP contribution in [-0.2, 0) is 5.41 Å². The Labute approximate surface area is 193 Å². The molecule has 1 aliphatic carbocycles. The fraction of sp³-hybridized carbons (Fsp3) is 0.172. The third kappa shape index (κ3) is 2.63.